The Morgan fingerprint density at radius 3 is 1.87 bits per heavy atom. The third-order valence-electron chi connectivity index (χ3n) is 12.6. The van der Waals surface area contributed by atoms with Crippen molar-refractivity contribution < 1.29 is 29.3 Å². The van der Waals surface area contributed by atoms with Gasteiger partial charge in [0, 0.05) is 24.7 Å². The lowest BCUT2D eigenvalue weighted by molar-refractivity contribution is -0.225. The van der Waals surface area contributed by atoms with Crippen molar-refractivity contribution in [2.45, 2.75) is 75.0 Å². The minimum absolute atomic E-state index is 0.0171. The third-order valence-corrected chi connectivity index (χ3v) is 12.6. The summed E-state index contributed by atoms with van der Waals surface area (Å²) in [5.41, 5.74) is -2.25. The van der Waals surface area contributed by atoms with E-state index >= 15 is 0 Å². The van der Waals surface area contributed by atoms with Crippen LogP contribution in [0.2, 0.25) is 0 Å². The molecule has 8 nitrogen and oxygen atoms in total. The number of Topliss-reactive ketones (excluding diaryl/α,β-unsaturated/α-hetero) is 1. The van der Waals surface area contributed by atoms with Crippen molar-refractivity contribution in [2.75, 3.05) is 6.61 Å². The largest absolute Gasteiger partial charge is 0.435 e. The van der Waals surface area contributed by atoms with Crippen molar-refractivity contribution in [2.24, 2.45) is 33.9 Å². The summed E-state index contributed by atoms with van der Waals surface area (Å²) in [5, 5.41) is 35.4. The molecule has 4 aromatic rings. The molecule has 1 saturated carbocycles. The molecule has 1 aliphatic heterocycles. The maximum absolute atomic E-state index is 14.1. The first kappa shape index (κ1) is 36.9. The van der Waals surface area contributed by atoms with Gasteiger partial charge in [0.2, 0.25) is 5.72 Å². The van der Waals surface area contributed by atoms with Gasteiger partial charge in [-0.15, -0.1) is 5.11 Å². The molecule has 0 saturated heterocycles. The lowest BCUT2D eigenvalue weighted by Crippen LogP contribution is -2.67. The summed E-state index contributed by atoms with van der Waals surface area (Å²) in [5.74, 6) is -3.70. The van der Waals surface area contributed by atoms with Gasteiger partial charge in [-0.2, -0.15) is 5.11 Å². The number of esters is 1. The topological polar surface area (TPSA) is 118 Å². The molecule has 1 heterocycles. The maximum Gasteiger partial charge on any atom is 0.312 e. The average Bonchev–Trinajstić information content (AvgIpc) is 3.54. The van der Waals surface area contributed by atoms with E-state index in [4.69, 9.17) is 19.7 Å². The maximum atomic E-state index is 14.1. The lowest BCUT2D eigenvalue weighted by Gasteiger charge is -2.56. The van der Waals surface area contributed by atoms with E-state index < -0.39 is 63.5 Å². The van der Waals surface area contributed by atoms with E-state index in [2.05, 4.69) is 0 Å². The number of carbonyl (C=O) groups excluding carboxylic acids is 2. The number of azo groups is 1. The Kier molecular flexibility index (Phi) is 9.15. The fraction of sp³-hybridized carbons (Fsp3) is 0.362. The van der Waals surface area contributed by atoms with Gasteiger partial charge in [-0.25, -0.2) is 0 Å². The number of hydrogen-bond donors (Lipinski definition) is 2. The summed E-state index contributed by atoms with van der Waals surface area (Å²) >= 11 is 0. The summed E-state index contributed by atoms with van der Waals surface area (Å²) in [7, 11) is 0. The van der Waals surface area contributed by atoms with Crippen LogP contribution in [0.4, 0.5) is 0 Å². The fourth-order valence-corrected chi connectivity index (χ4v) is 10.2. The Labute approximate surface area is 322 Å². The average molecular weight is 737 g/mol. The number of aliphatic hydroxyl groups is 2. The van der Waals surface area contributed by atoms with E-state index in [1.54, 1.807) is 13.0 Å². The Bertz CT molecular complexity index is 2070. The first-order chi connectivity index (χ1) is 26.3. The molecule has 55 heavy (non-hydrogen) atoms. The number of rotatable bonds is 9. The van der Waals surface area contributed by atoms with Crippen molar-refractivity contribution in [3.63, 3.8) is 0 Å². The number of nitrogens with zero attached hydrogens (tertiary/aromatic N) is 2. The van der Waals surface area contributed by atoms with Crippen LogP contribution >= 0.6 is 0 Å². The molecular weight excluding hydrogens is 689 g/mol. The molecule has 4 aliphatic rings. The smallest absolute Gasteiger partial charge is 0.312 e. The molecule has 0 amide bonds. The molecule has 0 radical (unpaired) electrons. The molecular formula is C47H48N2O6. The lowest BCUT2D eigenvalue weighted by atomic mass is 9.52. The third kappa shape index (κ3) is 5.93. The van der Waals surface area contributed by atoms with E-state index in [1.807, 2.05) is 148 Å². The normalized spacial score (nSPS) is 30.7. The van der Waals surface area contributed by atoms with Crippen molar-refractivity contribution in [1.82, 2.24) is 0 Å². The first-order valence-corrected chi connectivity index (χ1v) is 19.2. The van der Waals surface area contributed by atoms with Crippen LogP contribution in [0, 0.1) is 23.7 Å². The summed E-state index contributed by atoms with van der Waals surface area (Å²) in [6, 6.07) is 39.5. The van der Waals surface area contributed by atoms with Crippen LogP contribution in [0.1, 0.15) is 62.8 Å². The number of benzene rings is 4. The monoisotopic (exact) mass is 736 g/mol. The summed E-state index contributed by atoms with van der Waals surface area (Å²) in [6.07, 6.45) is 3.91. The van der Waals surface area contributed by atoms with Gasteiger partial charge in [0.15, 0.2) is 5.78 Å². The number of ether oxygens (including phenoxy) is 2. The molecule has 0 aromatic heterocycles. The quantitative estimate of drug-likeness (QED) is 0.102. The number of ketones is 1. The zero-order valence-electron chi connectivity index (χ0n) is 31.8. The SMILES string of the molecule is CC1=C[C@H]2[C@@]3(O)[C@H](C)C[C@@]4(OC(=O)Cc5ccccc5)N=NC(C)(C)[C@H]4[C@@H]3C=C(COC(c3ccccc3)(c3ccccc3)c3ccccc3)C[C@]2(O)C1=O. The molecule has 0 unspecified atom stereocenters. The minimum Gasteiger partial charge on any atom is -0.435 e. The highest BCUT2D eigenvalue weighted by Crippen LogP contribution is 2.63. The second-order valence-electron chi connectivity index (χ2n) is 16.5. The second kappa shape index (κ2) is 13.6. The van der Waals surface area contributed by atoms with E-state index in [0.717, 1.165) is 22.3 Å². The van der Waals surface area contributed by atoms with Crippen LogP contribution in [0.25, 0.3) is 0 Å². The van der Waals surface area contributed by atoms with E-state index in [9.17, 15) is 19.8 Å². The number of fused-ring (bicyclic) bond motifs is 5. The predicted molar refractivity (Wildman–Crippen MR) is 209 cm³/mol. The Balaban J connectivity index is 1.26. The Hall–Kier alpha value is -5.02. The van der Waals surface area contributed by atoms with Crippen LogP contribution in [0.15, 0.2) is 155 Å². The molecule has 1 fully saturated rings. The highest BCUT2D eigenvalue weighted by Gasteiger charge is 2.72. The van der Waals surface area contributed by atoms with Gasteiger partial charge in [-0.05, 0) is 60.1 Å². The van der Waals surface area contributed by atoms with Crippen molar-refractivity contribution in [1.29, 1.82) is 0 Å². The molecule has 2 N–H and O–H groups in total. The highest BCUT2D eigenvalue weighted by molar-refractivity contribution is 6.04. The summed E-state index contributed by atoms with van der Waals surface area (Å²) < 4.78 is 13.7. The van der Waals surface area contributed by atoms with E-state index in [1.165, 1.54) is 0 Å². The molecule has 7 atom stereocenters. The molecule has 0 spiro atoms. The van der Waals surface area contributed by atoms with Gasteiger partial charge < -0.3 is 19.7 Å². The summed E-state index contributed by atoms with van der Waals surface area (Å²) in [4.78, 5) is 27.8. The zero-order chi connectivity index (χ0) is 38.6. The van der Waals surface area contributed by atoms with Crippen molar-refractivity contribution in [3.05, 3.63) is 167 Å². The molecule has 8 heteroatoms. The van der Waals surface area contributed by atoms with E-state index in [-0.39, 0.29) is 25.9 Å². The van der Waals surface area contributed by atoms with Crippen LogP contribution in [0.5, 0.6) is 0 Å². The highest BCUT2D eigenvalue weighted by atomic mass is 16.6. The molecule has 282 valence electrons. The van der Waals surface area contributed by atoms with E-state index in [0.29, 0.717) is 11.1 Å². The minimum atomic E-state index is -1.92. The van der Waals surface area contributed by atoms with Crippen LogP contribution in [0.3, 0.4) is 0 Å². The predicted octanol–water partition coefficient (Wildman–Crippen LogP) is 7.93. The second-order valence-corrected chi connectivity index (χ2v) is 16.5. The fourth-order valence-electron chi connectivity index (χ4n) is 10.2. The standard InChI is InChI=1S/C47H48N2O6/c1-31-25-39-44(52,42(31)51)29-34(30-54-47(35-19-11-6-12-20-35,36-21-13-7-14-22-36)37-23-15-8-16-24-37)26-38-41-43(3,4)48-49-45(41,28-32(2)46(38,39)53)55-40(50)27-33-17-9-5-10-18-33/h5-26,32,38-39,41,52-53H,27-30H2,1-4H3/t32-,38+,39-,41-,44-,45+,46-/m1/s1. The molecule has 8 rings (SSSR count). The van der Waals surface area contributed by atoms with Gasteiger partial charge in [-0.1, -0.05) is 140 Å². The van der Waals surface area contributed by atoms with Crippen molar-refractivity contribution >= 4 is 11.8 Å². The summed E-state index contributed by atoms with van der Waals surface area (Å²) in [6.45, 7) is 7.49. The Morgan fingerprint density at radius 2 is 1.33 bits per heavy atom. The Morgan fingerprint density at radius 1 is 0.800 bits per heavy atom. The van der Waals surface area contributed by atoms with Crippen LogP contribution in [-0.2, 0) is 31.1 Å². The van der Waals surface area contributed by atoms with Crippen LogP contribution in [-0.4, -0.2) is 51.0 Å². The number of carbonyl (C=O) groups is 2. The molecule has 0 bridgehead atoms. The number of hydrogen-bond acceptors (Lipinski definition) is 8. The van der Waals surface area contributed by atoms with Crippen LogP contribution < -0.4 is 0 Å². The van der Waals surface area contributed by atoms with Gasteiger partial charge in [0.25, 0.3) is 0 Å². The first-order valence-electron chi connectivity index (χ1n) is 19.2. The van der Waals surface area contributed by atoms with Gasteiger partial charge in [-0.3, -0.25) is 9.59 Å². The van der Waals surface area contributed by atoms with Gasteiger partial charge >= 0.3 is 5.97 Å². The molecule has 4 aromatic carbocycles. The van der Waals surface area contributed by atoms with Gasteiger partial charge in [0.05, 0.1) is 30.1 Å². The van der Waals surface area contributed by atoms with Crippen molar-refractivity contribution in [3.8, 4) is 0 Å². The molecule has 3 aliphatic carbocycles. The van der Waals surface area contributed by atoms with Gasteiger partial charge in [0.1, 0.15) is 11.2 Å². The zero-order valence-corrected chi connectivity index (χ0v) is 31.8.